The van der Waals surface area contributed by atoms with Gasteiger partial charge in [-0.3, -0.25) is 4.68 Å². The van der Waals surface area contributed by atoms with Gasteiger partial charge in [-0.15, -0.1) is 0 Å². The van der Waals surface area contributed by atoms with Crippen molar-refractivity contribution in [1.82, 2.24) is 15.1 Å². The first-order chi connectivity index (χ1) is 9.97. The number of phenols is 1. The Kier molecular flexibility index (Phi) is 5.02. The van der Waals surface area contributed by atoms with Gasteiger partial charge in [-0.1, -0.05) is 26.0 Å². The summed E-state index contributed by atoms with van der Waals surface area (Å²) in [6.07, 6.45) is 0. The molecule has 2 rings (SSSR count). The third-order valence-corrected chi connectivity index (χ3v) is 3.65. The van der Waals surface area contributed by atoms with Crippen LogP contribution in [-0.2, 0) is 13.1 Å². The van der Waals surface area contributed by atoms with Crippen LogP contribution in [0.5, 0.6) is 5.75 Å². The lowest BCUT2D eigenvalue weighted by Gasteiger charge is -2.08. The van der Waals surface area contributed by atoms with Crippen LogP contribution in [0.3, 0.4) is 0 Å². The number of hydrogen-bond acceptors (Lipinski definition) is 3. The van der Waals surface area contributed by atoms with E-state index < -0.39 is 0 Å². The van der Waals surface area contributed by atoms with E-state index in [2.05, 4.69) is 38.1 Å². The second-order valence-electron chi connectivity index (χ2n) is 6.00. The Bertz CT molecular complexity index is 585. The summed E-state index contributed by atoms with van der Waals surface area (Å²) < 4.78 is 2.04. The molecule has 0 spiro atoms. The molecule has 0 aliphatic heterocycles. The molecule has 1 aromatic heterocycles. The van der Waals surface area contributed by atoms with Gasteiger partial charge in [-0.05, 0) is 44.0 Å². The average molecular weight is 287 g/mol. The molecule has 0 saturated heterocycles. The summed E-state index contributed by atoms with van der Waals surface area (Å²) in [4.78, 5) is 0. The van der Waals surface area contributed by atoms with Crippen LogP contribution in [-0.4, -0.2) is 21.4 Å². The van der Waals surface area contributed by atoms with E-state index in [1.165, 1.54) is 11.3 Å². The van der Waals surface area contributed by atoms with E-state index in [1.54, 1.807) is 12.1 Å². The smallest absolute Gasteiger partial charge is 0.115 e. The lowest BCUT2D eigenvalue weighted by Crippen LogP contribution is -2.19. The predicted molar refractivity (Wildman–Crippen MR) is 85.5 cm³/mol. The molecule has 0 amide bonds. The monoisotopic (exact) mass is 287 g/mol. The second-order valence-corrected chi connectivity index (χ2v) is 6.00. The highest BCUT2D eigenvalue weighted by Crippen LogP contribution is 2.16. The van der Waals surface area contributed by atoms with Crippen LogP contribution in [0.4, 0.5) is 0 Å². The highest BCUT2D eigenvalue weighted by atomic mass is 16.3. The minimum Gasteiger partial charge on any atom is -0.508 e. The number of rotatable bonds is 6. The van der Waals surface area contributed by atoms with Gasteiger partial charge in [0.15, 0.2) is 0 Å². The van der Waals surface area contributed by atoms with Gasteiger partial charge in [0.1, 0.15) is 5.75 Å². The summed E-state index contributed by atoms with van der Waals surface area (Å²) in [6.45, 7) is 11.2. The lowest BCUT2D eigenvalue weighted by atomic mass is 10.1. The predicted octanol–water partition coefficient (Wildman–Crippen LogP) is 3.00. The fraction of sp³-hybridized carbons (Fsp3) is 0.471. The minimum atomic E-state index is 0.297. The lowest BCUT2D eigenvalue weighted by molar-refractivity contribution is 0.475. The molecule has 0 fully saturated rings. The molecule has 0 radical (unpaired) electrons. The van der Waals surface area contributed by atoms with Crippen molar-refractivity contribution < 1.29 is 5.11 Å². The summed E-state index contributed by atoms with van der Waals surface area (Å²) in [6, 6.07) is 7.29. The molecule has 0 aliphatic carbocycles. The van der Waals surface area contributed by atoms with Crippen LogP contribution in [0.2, 0.25) is 0 Å². The zero-order valence-corrected chi connectivity index (χ0v) is 13.3. The Morgan fingerprint density at radius 2 is 1.86 bits per heavy atom. The van der Waals surface area contributed by atoms with E-state index in [4.69, 9.17) is 0 Å². The Morgan fingerprint density at radius 3 is 2.48 bits per heavy atom. The maximum Gasteiger partial charge on any atom is 0.115 e. The standard InChI is InChI=1S/C17H25N3O/c1-12(2)9-18-10-17-13(3)19-20(14(17)4)11-15-5-7-16(21)8-6-15/h5-8,12,18,21H,9-11H2,1-4H3. The topological polar surface area (TPSA) is 50.1 Å². The van der Waals surface area contributed by atoms with E-state index >= 15 is 0 Å². The molecule has 0 saturated carbocycles. The van der Waals surface area contributed by atoms with Crippen molar-refractivity contribution in [2.45, 2.75) is 40.8 Å². The molecular weight excluding hydrogens is 262 g/mol. The van der Waals surface area contributed by atoms with Crippen LogP contribution in [0.25, 0.3) is 0 Å². The molecule has 2 N–H and O–H groups in total. The highest BCUT2D eigenvalue weighted by molar-refractivity contribution is 5.28. The van der Waals surface area contributed by atoms with Crippen LogP contribution < -0.4 is 5.32 Å². The number of aromatic nitrogens is 2. The molecule has 114 valence electrons. The van der Waals surface area contributed by atoms with Crippen molar-refractivity contribution in [3.05, 3.63) is 46.8 Å². The van der Waals surface area contributed by atoms with Crippen molar-refractivity contribution in [3.63, 3.8) is 0 Å². The van der Waals surface area contributed by atoms with Gasteiger partial charge in [0, 0.05) is 17.8 Å². The number of aryl methyl sites for hydroxylation is 1. The van der Waals surface area contributed by atoms with Crippen molar-refractivity contribution in [3.8, 4) is 5.75 Å². The fourth-order valence-corrected chi connectivity index (χ4v) is 2.40. The summed E-state index contributed by atoms with van der Waals surface area (Å²) in [5.74, 6) is 0.948. The van der Waals surface area contributed by atoms with E-state index in [1.807, 2.05) is 16.8 Å². The maximum atomic E-state index is 9.34. The molecule has 0 bridgehead atoms. The van der Waals surface area contributed by atoms with Crippen LogP contribution >= 0.6 is 0 Å². The van der Waals surface area contributed by atoms with Crippen LogP contribution in [0.15, 0.2) is 24.3 Å². The Balaban J connectivity index is 2.09. The first kappa shape index (κ1) is 15.6. The van der Waals surface area contributed by atoms with Gasteiger partial charge >= 0.3 is 0 Å². The fourth-order valence-electron chi connectivity index (χ4n) is 2.40. The Hall–Kier alpha value is -1.81. The summed E-state index contributed by atoms with van der Waals surface area (Å²) >= 11 is 0. The normalized spacial score (nSPS) is 11.3. The Labute approximate surface area is 126 Å². The van der Waals surface area contributed by atoms with Crippen LogP contribution in [0, 0.1) is 19.8 Å². The molecule has 4 heteroatoms. The largest absolute Gasteiger partial charge is 0.508 e. The van der Waals surface area contributed by atoms with Crippen molar-refractivity contribution in [1.29, 1.82) is 0 Å². The SMILES string of the molecule is Cc1nn(Cc2ccc(O)cc2)c(C)c1CNCC(C)C. The first-order valence-corrected chi connectivity index (χ1v) is 7.49. The van der Waals surface area contributed by atoms with E-state index in [-0.39, 0.29) is 0 Å². The quantitative estimate of drug-likeness (QED) is 0.858. The average Bonchev–Trinajstić information content (AvgIpc) is 2.68. The summed E-state index contributed by atoms with van der Waals surface area (Å²) in [5.41, 5.74) is 4.72. The molecule has 2 aromatic rings. The number of benzene rings is 1. The van der Waals surface area contributed by atoms with E-state index in [0.29, 0.717) is 11.7 Å². The number of phenolic OH excluding ortho intramolecular Hbond substituents is 1. The van der Waals surface area contributed by atoms with Crippen molar-refractivity contribution in [2.75, 3.05) is 6.54 Å². The van der Waals surface area contributed by atoms with Crippen molar-refractivity contribution in [2.24, 2.45) is 5.92 Å². The number of nitrogens with one attached hydrogen (secondary N) is 1. The molecule has 1 aromatic carbocycles. The van der Waals surface area contributed by atoms with E-state index in [0.717, 1.165) is 30.9 Å². The van der Waals surface area contributed by atoms with Gasteiger partial charge < -0.3 is 10.4 Å². The Morgan fingerprint density at radius 1 is 1.19 bits per heavy atom. The minimum absolute atomic E-state index is 0.297. The summed E-state index contributed by atoms with van der Waals surface area (Å²) in [7, 11) is 0. The van der Waals surface area contributed by atoms with E-state index in [9.17, 15) is 5.11 Å². The third kappa shape index (κ3) is 4.08. The molecule has 0 unspecified atom stereocenters. The summed E-state index contributed by atoms with van der Waals surface area (Å²) in [5, 5.41) is 17.5. The number of nitrogens with zero attached hydrogens (tertiary/aromatic N) is 2. The van der Waals surface area contributed by atoms with Gasteiger partial charge in [-0.2, -0.15) is 5.10 Å². The second kappa shape index (κ2) is 6.76. The molecule has 0 aliphatic rings. The van der Waals surface area contributed by atoms with Crippen LogP contribution in [0.1, 0.15) is 36.4 Å². The molecular formula is C17H25N3O. The molecule has 4 nitrogen and oxygen atoms in total. The zero-order chi connectivity index (χ0) is 15.4. The zero-order valence-electron chi connectivity index (χ0n) is 13.3. The number of aromatic hydroxyl groups is 1. The van der Waals surface area contributed by atoms with Gasteiger partial charge in [0.05, 0.1) is 12.2 Å². The highest BCUT2D eigenvalue weighted by Gasteiger charge is 2.11. The third-order valence-electron chi connectivity index (χ3n) is 3.65. The first-order valence-electron chi connectivity index (χ1n) is 7.49. The number of hydrogen-bond donors (Lipinski definition) is 2. The van der Waals surface area contributed by atoms with Gasteiger partial charge in [-0.25, -0.2) is 0 Å². The van der Waals surface area contributed by atoms with Gasteiger partial charge in [0.25, 0.3) is 0 Å². The van der Waals surface area contributed by atoms with Gasteiger partial charge in [0.2, 0.25) is 0 Å². The molecule has 1 heterocycles. The maximum absolute atomic E-state index is 9.34. The molecule has 21 heavy (non-hydrogen) atoms. The molecule has 0 atom stereocenters. The van der Waals surface area contributed by atoms with Crippen molar-refractivity contribution >= 4 is 0 Å².